The van der Waals surface area contributed by atoms with E-state index in [0.717, 1.165) is 51.8 Å². The molecular formula is C29H20ClF3N2O5S2. The number of aromatic nitrogens is 1. The normalized spacial score (nSPS) is 19.9. The number of amides is 2. The number of benzene rings is 3. The molecule has 1 N–H and O–H groups in total. The van der Waals surface area contributed by atoms with Crippen LogP contribution >= 0.6 is 34.7 Å². The summed E-state index contributed by atoms with van der Waals surface area (Å²) in [5.74, 6) is -2.20. The summed E-state index contributed by atoms with van der Waals surface area (Å²) in [6, 6.07) is 16.4. The molecule has 2 amide bonds. The second-order valence-corrected chi connectivity index (χ2v) is 12.2. The van der Waals surface area contributed by atoms with E-state index in [9.17, 15) is 27.6 Å². The van der Waals surface area contributed by atoms with Crippen molar-refractivity contribution in [1.82, 2.24) is 4.98 Å². The third-order valence-corrected chi connectivity index (χ3v) is 9.76. The minimum atomic E-state index is -4.65. The number of aromatic amines is 1. The summed E-state index contributed by atoms with van der Waals surface area (Å²) in [7, 11) is 1.47. The Balaban J connectivity index is 1.37. The van der Waals surface area contributed by atoms with E-state index >= 15 is 0 Å². The number of thioether (sulfide) groups is 1. The van der Waals surface area contributed by atoms with Crippen LogP contribution in [0.3, 0.4) is 0 Å². The predicted octanol–water partition coefficient (Wildman–Crippen LogP) is 6.49. The molecule has 1 aromatic heterocycles. The van der Waals surface area contributed by atoms with E-state index in [-0.39, 0.29) is 17.2 Å². The van der Waals surface area contributed by atoms with Gasteiger partial charge >= 0.3 is 11.0 Å². The summed E-state index contributed by atoms with van der Waals surface area (Å²) in [6.07, 6.45) is -4.65. The van der Waals surface area contributed by atoms with Crippen LogP contribution < -0.4 is 19.2 Å². The Morgan fingerprint density at radius 2 is 1.74 bits per heavy atom. The Bertz CT molecular complexity index is 1760. The molecule has 216 valence electrons. The zero-order valence-corrected chi connectivity index (χ0v) is 24.0. The van der Waals surface area contributed by atoms with Crippen LogP contribution in [0, 0.1) is 5.92 Å². The minimum Gasteiger partial charge on any atom is -0.493 e. The second-order valence-electron chi connectivity index (χ2n) is 9.64. The van der Waals surface area contributed by atoms with Crippen molar-refractivity contribution in [1.29, 1.82) is 0 Å². The molecule has 2 aliphatic rings. The Hall–Kier alpha value is -3.74. The van der Waals surface area contributed by atoms with Gasteiger partial charge in [0, 0.05) is 15.8 Å². The largest absolute Gasteiger partial charge is 0.493 e. The summed E-state index contributed by atoms with van der Waals surface area (Å²) in [4.78, 5) is 43.6. The number of anilines is 1. The van der Waals surface area contributed by atoms with Gasteiger partial charge in [-0.3, -0.25) is 14.4 Å². The summed E-state index contributed by atoms with van der Waals surface area (Å²) in [5.41, 5.74) is 0.338. The van der Waals surface area contributed by atoms with E-state index in [1.165, 1.54) is 13.2 Å². The molecule has 0 spiro atoms. The van der Waals surface area contributed by atoms with Crippen LogP contribution in [0.15, 0.2) is 76.6 Å². The molecule has 13 heteroatoms. The first-order chi connectivity index (χ1) is 20.0. The molecule has 42 heavy (non-hydrogen) atoms. The maximum atomic E-state index is 13.9. The molecule has 0 radical (unpaired) electrons. The lowest BCUT2D eigenvalue weighted by molar-refractivity contribution is -0.137. The summed E-state index contributed by atoms with van der Waals surface area (Å²) in [6.45, 7) is 0.236. The molecule has 0 saturated carbocycles. The first kappa shape index (κ1) is 28.4. The number of thiazole rings is 1. The van der Waals surface area contributed by atoms with Crippen LogP contribution in [0.25, 0.3) is 0 Å². The van der Waals surface area contributed by atoms with Gasteiger partial charge in [-0.05, 0) is 53.6 Å². The number of nitrogens with zero attached hydrogens (tertiary/aromatic N) is 1. The first-order valence-electron chi connectivity index (χ1n) is 12.5. The van der Waals surface area contributed by atoms with Crippen molar-refractivity contribution >= 4 is 52.2 Å². The third-order valence-electron chi connectivity index (χ3n) is 7.11. The van der Waals surface area contributed by atoms with Crippen molar-refractivity contribution in [2.45, 2.75) is 29.0 Å². The smallest absolute Gasteiger partial charge is 0.416 e. The fourth-order valence-electron chi connectivity index (χ4n) is 5.19. The SMILES string of the molecule is COc1cc([C@H]2c3sc(=O)[nH]c3SC3C(=O)N(c4cccc(C(F)(F)F)c4)C(=O)C32)ccc1OCc1ccc(Cl)cc1. The van der Waals surface area contributed by atoms with E-state index in [2.05, 4.69) is 4.98 Å². The first-order valence-corrected chi connectivity index (χ1v) is 14.6. The van der Waals surface area contributed by atoms with Gasteiger partial charge in [0.05, 0.1) is 29.3 Å². The van der Waals surface area contributed by atoms with Crippen molar-refractivity contribution in [2.24, 2.45) is 5.92 Å². The van der Waals surface area contributed by atoms with Crippen LogP contribution in [0.4, 0.5) is 18.9 Å². The highest BCUT2D eigenvalue weighted by Gasteiger charge is 2.56. The van der Waals surface area contributed by atoms with Gasteiger partial charge in [0.25, 0.3) is 0 Å². The van der Waals surface area contributed by atoms with E-state index < -0.39 is 40.6 Å². The number of hydrogen-bond donors (Lipinski definition) is 1. The molecule has 3 heterocycles. The van der Waals surface area contributed by atoms with Gasteiger partial charge in [0.15, 0.2) is 11.5 Å². The van der Waals surface area contributed by atoms with Gasteiger partial charge in [0.2, 0.25) is 11.8 Å². The Kier molecular flexibility index (Phi) is 7.32. The second kappa shape index (κ2) is 10.8. The highest BCUT2D eigenvalue weighted by Crippen LogP contribution is 2.54. The quantitative estimate of drug-likeness (QED) is 0.245. The number of carbonyl (C=O) groups is 2. The van der Waals surface area contributed by atoms with E-state index in [4.69, 9.17) is 21.1 Å². The molecule has 7 nitrogen and oxygen atoms in total. The zero-order valence-electron chi connectivity index (χ0n) is 21.6. The lowest BCUT2D eigenvalue weighted by Gasteiger charge is -2.30. The highest BCUT2D eigenvalue weighted by atomic mass is 35.5. The zero-order chi connectivity index (χ0) is 29.8. The number of halogens is 4. The summed E-state index contributed by atoms with van der Waals surface area (Å²) >= 11 is 7.93. The van der Waals surface area contributed by atoms with Crippen molar-refractivity contribution in [2.75, 3.05) is 12.0 Å². The van der Waals surface area contributed by atoms with Crippen LogP contribution in [0.5, 0.6) is 11.5 Å². The third kappa shape index (κ3) is 5.07. The molecule has 2 unspecified atom stereocenters. The van der Waals surface area contributed by atoms with E-state index in [1.54, 1.807) is 30.3 Å². The average Bonchev–Trinajstić information content (AvgIpc) is 3.46. The van der Waals surface area contributed by atoms with Crippen LogP contribution in [0.1, 0.15) is 27.5 Å². The topological polar surface area (TPSA) is 88.7 Å². The lowest BCUT2D eigenvalue weighted by atomic mass is 9.83. The molecule has 3 aromatic carbocycles. The maximum Gasteiger partial charge on any atom is 0.416 e. The fraction of sp³-hybridized carbons (Fsp3) is 0.207. The standard InChI is InChI=1S/C29H20ClF3N2O5S2/c1-39-20-11-15(7-10-19(20)40-13-14-5-8-17(30)9-6-14)21-22-24(41-25-23(21)42-28(38)34-25)27(37)35(26(22)36)18-4-2-3-16(12-18)29(31,32)33/h2-12,21-22,24H,13H2,1H3,(H,34,38)/t21-,22?,24?/m1/s1. The minimum absolute atomic E-state index is 0.158. The van der Waals surface area contributed by atoms with Crippen LogP contribution in [0.2, 0.25) is 5.02 Å². The number of nitrogens with one attached hydrogen (secondary N) is 1. The molecule has 0 aliphatic carbocycles. The van der Waals surface area contributed by atoms with Crippen molar-refractivity contribution in [3.63, 3.8) is 0 Å². The molecule has 6 rings (SSSR count). The lowest BCUT2D eigenvalue weighted by Crippen LogP contribution is -2.32. The number of rotatable bonds is 6. The van der Waals surface area contributed by atoms with Gasteiger partial charge in [-0.15, -0.1) is 0 Å². The van der Waals surface area contributed by atoms with E-state index in [0.29, 0.717) is 32.0 Å². The number of fused-ring (bicyclic) bond motifs is 2. The highest BCUT2D eigenvalue weighted by molar-refractivity contribution is 8.00. The van der Waals surface area contributed by atoms with Gasteiger partial charge in [-0.25, -0.2) is 4.90 Å². The Morgan fingerprint density at radius 3 is 2.45 bits per heavy atom. The van der Waals surface area contributed by atoms with Gasteiger partial charge in [-0.2, -0.15) is 13.2 Å². The monoisotopic (exact) mass is 632 g/mol. The molecular weight excluding hydrogens is 613 g/mol. The summed E-state index contributed by atoms with van der Waals surface area (Å²) < 4.78 is 51.8. The van der Waals surface area contributed by atoms with Crippen molar-refractivity contribution in [3.8, 4) is 11.5 Å². The van der Waals surface area contributed by atoms with Gasteiger partial charge < -0.3 is 14.5 Å². The molecule has 1 fully saturated rings. The number of ether oxygens (including phenoxy) is 2. The molecule has 2 aliphatic heterocycles. The maximum absolute atomic E-state index is 13.9. The molecule has 4 aromatic rings. The van der Waals surface area contributed by atoms with Crippen LogP contribution in [-0.2, 0) is 22.4 Å². The van der Waals surface area contributed by atoms with Crippen molar-refractivity contribution in [3.05, 3.63) is 103 Å². The van der Waals surface area contributed by atoms with Crippen LogP contribution in [-0.4, -0.2) is 29.2 Å². The number of alkyl halides is 3. The van der Waals surface area contributed by atoms with Gasteiger partial charge in [0.1, 0.15) is 11.9 Å². The molecule has 3 atom stereocenters. The number of hydrogen-bond acceptors (Lipinski definition) is 7. The fourth-order valence-corrected chi connectivity index (χ4v) is 7.83. The summed E-state index contributed by atoms with van der Waals surface area (Å²) in [5, 5.41) is 0.0922. The number of imide groups is 1. The predicted molar refractivity (Wildman–Crippen MR) is 153 cm³/mol. The van der Waals surface area contributed by atoms with Gasteiger partial charge in [-0.1, -0.05) is 59.0 Å². The van der Waals surface area contributed by atoms with E-state index in [1.807, 2.05) is 12.1 Å². The molecule has 1 saturated heterocycles. The number of carbonyl (C=O) groups excluding carboxylic acids is 2. The number of H-pyrrole nitrogens is 1. The number of methoxy groups -OCH3 is 1. The Morgan fingerprint density at radius 1 is 0.976 bits per heavy atom. The van der Waals surface area contributed by atoms with Crippen molar-refractivity contribution < 1.29 is 32.2 Å². The molecule has 0 bridgehead atoms. The average molecular weight is 633 g/mol. The Labute approximate surface area is 250 Å².